The molecule has 1 aromatic heterocycles. The molecule has 0 saturated carbocycles. The average molecular weight is 308 g/mol. The van der Waals surface area contributed by atoms with Gasteiger partial charge in [-0.2, -0.15) is 0 Å². The van der Waals surface area contributed by atoms with Crippen molar-refractivity contribution in [3.63, 3.8) is 0 Å². The van der Waals surface area contributed by atoms with Gasteiger partial charge in [-0.1, -0.05) is 12.2 Å². The molecule has 120 valence electrons. The maximum Gasteiger partial charge on any atom is 0.264 e. The third kappa shape index (κ3) is 4.37. The first-order valence-corrected chi connectivity index (χ1v) is 7.49. The zero-order valence-corrected chi connectivity index (χ0v) is 13.1. The topological polar surface area (TPSA) is 25.4 Å². The summed E-state index contributed by atoms with van der Waals surface area (Å²) in [5.74, 6) is 0.432. The number of hydrogen-bond acceptors (Lipinski definition) is 3. The van der Waals surface area contributed by atoms with Crippen molar-refractivity contribution in [2.24, 2.45) is 0 Å². The maximum absolute atomic E-state index is 13.5. The minimum Gasteiger partial charge on any atom is -0.481 e. The van der Waals surface area contributed by atoms with E-state index in [0.29, 0.717) is 18.0 Å². The second-order valence-electron chi connectivity index (χ2n) is 5.42. The van der Waals surface area contributed by atoms with E-state index in [1.54, 1.807) is 24.4 Å². The van der Waals surface area contributed by atoms with Crippen LogP contribution >= 0.6 is 0 Å². The van der Waals surface area contributed by atoms with E-state index in [0.717, 1.165) is 31.4 Å². The molecule has 2 heterocycles. The van der Waals surface area contributed by atoms with Crippen LogP contribution in [0.2, 0.25) is 0 Å². The Bertz CT molecular complexity index is 555. The molecular formula is C17H22F2N2O. The predicted molar refractivity (Wildman–Crippen MR) is 84.2 cm³/mol. The van der Waals surface area contributed by atoms with Crippen molar-refractivity contribution >= 4 is 5.57 Å². The second-order valence-corrected chi connectivity index (χ2v) is 5.42. The minimum atomic E-state index is -2.50. The largest absolute Gasteiger partial charge is 0.481 e. The van der Waals surface area contributed by atoms with E-state index >= 15 is 0 Å². The number of alkyl halides is 2. The third-order valence-corrected chi connectivity index (χ3v) is 3.77. The van der Waals surface area contributed by atoms with Gasteiger partial charge in [0.1, 0.15) is 0 Å². The van der Waals surface area contributed by atoms with Crippen molar-refractivity contribution in [1.29, 1.82) is 0 Å². The number of methoxy groups -OCH3 is 1. The van der Waals surface area contributed by atoms with Gasteiger partial charge >= 0.3 is 0 Å². The molecule has 0 bridgehead atoms. The molecule has 1 aliphatic heterocycles. The van der Waals surface area contributed by atoms with Gasteiger partial charge in [0, 0.05) is 24.4 Å². The van der Waals surface area contributed by atoms with Crippen LogP contribution in [0, 0.1) is 0 Å². The standard InChI is InChI=1S/C17H22F2N2O/c1-21-10-5-3-4-6-14(15(8-11-21)17(18)19)13-7-9-20-16(12-13)22-2/h6-9,12,17H,3-5,10-11H2,1-2H3/b14-6-,15-8+. The zero-order valence-electron chi connectivity index (χ0n) is 13.1. The Kier molecular flexibility index (Phi) is 6.07. The van der Waals surface area contributed by atoms with Gasteiger partial charge < -0.3 is 9.64 Å². The monoisotopic (exact) mass is 308 g/mol. The number of halogens is 2. The van der Waals surface area contributed by atoms with Crippen LogP contribution in [0.4, 0.5) is 8.78 Å². The number of ether oxygens (including phenoxy) is 1. The molecule has 0 amide bonds. The Balaban J connectivity index is 2.42. The normalized spacial score (nSPS) is 22.6. The smallest absolute Gasteiger partial charge is 0.264 e. The molecule has 0 aromatic carbocycles. The Morgan fingerprint density at radius 3 is 2.82 bits per heavy atom. The van der Waals surface area contributed by atoms with Gasteiger partial charge in [-0.15, -0.1) is 0 Å². The average Bonchev–Trinajstić information content (AvgIpc) is 2.52. The van der Waals surface area contributed by atoms with E-state index in [-0.39, 0.29) is 5.57 Å². The van der Waals surface area contributed by atoms with Crippen molar-refractivity contribution in [2.45, 2.75) is 25.7 Å². The summed E-state index contributed by atoms with van der Waals surface area (Å²) in [7, 11) is 3.48. The Labute approximate surface area is 130 Å². The summed E-state index contributed by atoms with van der Waals surface area (Å²) in [6.45, 7) is 1.46. The summed E-state index contributed by atoms with van der Waals surface area (Å²) in [5, 5.41) is 0. The van der Waals surface area contributed by atoms with Crippen molar-refractivity contribution in [2.75, 3.05) is 27.2 Å². The Morgan fingerprint density at radius 1 is 1.27 bits per heavy atom. The van der Waals surface area contributed by atoms with Gasteiger partial charge in [-0.05, 0) is 50.1 Å². The molecule has 0 unspecified atom stereocenters. The molecule has 3 nitrogen and oxygen atoms in total. The van der Waals surface area contributed by atoms with Gasteiger partial charge in [-0.25, -0.2) is 13.8 Å². The van der Waals surface area contributed by atoms with E-state index in [4.69, 9.17) is 4.74 Å². The number of allylic oxidation sites excluding steroid dienone is 3. The van der Waals surface area contributed by atoms with Crippen LogP contribution in [0.15, 0.2) is 36.1 Å². The Morgan fingerprint density at radius 2 is 2.09 bits per heavy atom. The van der Waals surface area contributed by atoms with Crippen LogP contribution < -0.4 is 4.74 Å². The van der Waals surface area contributed by atoms with Crippen molar-refractivity contribution in [3.05, 3.63) is 41.6 Å². The minimum absolute atomic E-state index is 0.0852. The molecule has 0 N–H and O–H groups in total. The molecule has 5 heteroatoms. The van der Waals surface area contributed by atoms with Gasteiger partial charge in [-0.3, -0.25) is 0 Å². The van der Waals surface area contributed by atoms with Crippen molar-refractivity contribution < 1.29 is 13.5 Å². The van der Waals surface area contributed by atoms with Crippen molar-refractivity contribution in [1.82, 2.24) is 9.88 Å². The van der Waals surface area contributed by atoms with Gasteiger partial charge in [0.15, 0.2) is 0 Å². The number of likely N-dealkylation sites (N-methyl/N-ethyl adjacent to an activating group) is 1. The first kappa shape index (κ1) is 16.6. The fourth-order valence-corrected chi connectivity index (χ4v) is 2.53. The van der Waals surface area contributed by atoms with Crippen molar-refractivity contribution in [3.8, 4) is 5.88 Å². The van der Waals surface area contributed by atoms with Crippen LogP contribution in [0.1, 0.15) is 24.8 Å². The molecule has 1 aliphatic rings. The molecular weight excluding hydrogens is 286 g/mol. The molecule has 0 radical (unpaired) electrons. The summed E-state index contributed by atoms with van der Waals surface area (Å²) >= 11 is 0. The Hall–Kier alpha value is -1.75. The summed E-state index contributed by atoms with van der Waals surface area (Å²) in [6, 6.07) is 3.46. The zero-order chi connectivity index (χ0) is 15.9. The highest BCUT2D eigenvalue weighted by atomic mass is 19.3. The lowest BCUT2D eigenvalue weighted by Crippen LogP contribution is -2.21. The lowest BCUT2D eigenvalue weighted by atomic mass is 9.96. The first-order valence-electron chi connectivity index (χ1n) is 7.49. The molecule has 0 spiro atoms. The molecule has 0 aliphatic carbocycles. The third-order valence-electron chi connectivity index (χ3n) is 3.77. The fourth-order valence-electron chi connectivity index (χ4n) is 2.53. The van der Waals surface area contributed by atoms with Gasteiger partial charge in [0.05, 0.1) is 7.11 Å². The SMILES string of the molecule is COc1cc(C2=C/CCCCN(C)C/C=C\2C(F)F)ccn1. The quantitative estimate of drug-likeness (QED) is 0.849. The summed E-state index contributed by atoms with van der Waals surface area (Å²) in [6.07, 6.45) is 5.48. The number of rotatable bonds is 3. The van der Waals surface area contributed by atoms with Gasteiger partial charge in [0.25, 0.3) is 6.43 Å². The van der Waals surface area contributed by atoms with Crippen LogP contribution in [-0.4, -0.2) is 43.6 Å². The van der Waals surface area contributed by atoms with Crippen LogP contribution in [-0.2, 0) is 0 Å². The van der Waals surface area contributed by atoms with E-state index in [1.165, 1.54) is 7.11 Å². The molecule has 0 saturated heterocycles. The second kappa shape index (κ2) is 8.03. The highest BCUT2D eigenvalue weighted by Crippen LogP contribution is 2.30. The van der Waals surface area contributed by atoms with Gasteiger partial charge in [0.2, 0.25) is 5.88 Å². The molecule has 1 aromatic rings. The maximum atomic E-state index is 13.5. The molecule has 0 fully saturated rings. The summed E-state index contributed by atoms with van der Waals surface area (Å²) in [5.41, 5.74) is 1.40. The van der Waals surface area contributed by atoms with E-state index in [9.17, 15) is 8.78 Å². The molecule has 2 rings (SSSR count). The highest BCUT2D eigenvalue weighted by Gasteiger charge is 2.19. The van der Waals surface area contributed by atoms with E-state index in [2.05, 4.69) is 9.88 Å². The lowest BCUT2D eigenvalue weighted by Gasteiger charge is -2.19. The predicted octanol–water partition coefficient (Wildman–Crippen LogP) is 3.78. The first-order chi connectivity index (χ1) is 10.6. The van der Waals surface area contributed by atoms with Crippen LogP contribution in [0.25, 0.3) is 5.57 Å². The summed E-state index contributed by atoms with van der Waals surface area (Å²) < 4.78 is 32.2. The summed E-state index contributed by atoms with van der Waals surface area (Å²) in [4.78, 5) is 6.11. The van der Waals surface area contributed by atoms with E-state index in [1.807, 2.05) is 13.1 Å². The number of aromatic nitrogens is 1. The van der Waals surface area contributed by atoms with Crippen LogP contribution in [0.3, 0.4) is 0 Å². The molecule has 0 atom stereocenters. The number of pyridine rings is 1. The van der Waals surface area contributed by atoms with E-state index < -0.39 is 6.43 Å². The number of hydrogen-bond donors (Lipinski definition) is 0. The lowest BCUT2D eigenvalue weighted by molar-refractivity contribution is 0.194. The fraction of sp³-hybridized carbons (Fsp3) is 0.471. The molecule has 22 heavy (non-hydrogen) atoms. The number of nitrogens with zero attached hydrogens (tertiary/aromatic N) is 2. The highest BCUT2D eigenvalue weighted by molar-refractivity contribution is 5.80. The van der Waals surface area contributed by atoms with Crippen LogP contribution in [0.5, 0.6) is 5.88 Å².